The van der Waals surface area contributed by atoms with Gasteiger partial charge in [-0.3, -0.25) is 0 Å². The van der Waals surface area contributed by atoms with Crippen LogP contribution in [-0.2, 0) is 16.6 Å². The van der Waals surface area contributed by atoms with Crippen LogP contribution in [0.2, 0.25) is 0 Å². The molecule has 1 nitrogen and oxygen atoms in total. The Morgan fingerprint density at radius 3 is 2.12 bits per heavy atom. The molecule has 17 heavy (non-hydrogen) atoms. The minimum Gasteiger partial charge on any atom is -0.245 e. The number of benzene rings is 2. The fourth-order valence-corrected chi connectivity index (χ4v) is 2.20. The highest BCUT2D eigenvalue weighted by atomic mass is 32.2. The van der Waals surface area contributed by atoms with Crippen molar-refractivity contribution in [3.8, 4) is 11.2 Å². The van der Waals surface area contributed by atoms with Gasteiger partial charge in [0.1, 0.15) is 10.8 Å². The summed E-state index contributed by atoms with van der Waals surface area (Å²) in [7, 11) is -1.13. The van der Waals surface area contributed by atoms with E-state index in [1.807, 2.05) is 60.7 Å². The van der Waals surface area contributed by atoms with Gasteiger partial charge in [0, 0.05) is 10.8 Å². The van der Waals surface area contributed by atoms with E-state index in [4.69, 9.17) is 0 Å². The maximum absolute atomic E-state index is 11.7. The second-order valence-corrected chi connectivity index (χ2v) is 4.75. The topological polar surface area (TPSA) is 17.1 Å². The molecule has 1 atom stereocenters. The fraction of sp³-hybridized carbons (Fsp3) is 0.0667. The molecule has 0 aliphatic rings. The third-order valence-electron chi connectivity index (χ3n) is 2.22. The Hall–Kier alpha value is -1.85. The molecule has 84 valence electrons. The van der Waals surface area contributed by atoms with Gasteiger partial charge in [-0.1, -0.05) is 54.5 Å². The van der Waals surface area contributed by atoms with Crippen molar-refractivity contribution >= 4 is 10.8 Å². The maximum atomic E-state index is 11.7. The van der Waals surface area contributed by atoms with Crippen molar-refractivity contribution in [3.05, 3.63) is 71.8 Å². The second-order valence-electron chi connectivity index (χ2n) is 3.57. The summed E-state index contributed by atoms with van der Waals surface area (Å²) in [5, 5.41) is 2.77. The molecule has 0 spiro atoms. The highest BCUT2D eigenvalue weighted by Gasteiger charge is 1.96. The van der Waals surface area contributed by atoms with E-state index < -0.39 is 10.8 Å². The highest BCUT2D eigenvalue weighted by Crippen LogP contribution is 2.02. The molecule has 0 aliphatic carbocycles. The Balaban J connectivity index is 2.02. The minimum absolute atomic E-state index is 0.487. The first kappa shape index (κ1) is 11.6. The van der Waals surface area contributed by atoms with Crippen molar-refractivity contribution in [1.82, 2.24) is 0 Å². The summed E-state index contributed by atoms with van der Waals surface area (Å²) in [5.41, 5.74) is 1.95. The normalized spacial score (nSPS) is 11.3. The van der Waals surface area contributed by atoms with Crippen molar-refractivity contribution < 1.29 is 4.21 Å². The van der Waals surface area contributed by atoms with E-state index in [9.17, 15) is 4.21 Å². The summed E-state index contributed by atoms with van der Waals surface area (Å²) in [4.78, 5) is 0. The van der Waals surface area contributed by atoms with Crippen molar-refractivity contribution in [2.24, 2.45) is 0 Å². The molecule has 0 saturated carbocycles. The largest absolute Gasteiger partial charge is 0.245 e. The molecule has 1 unspecified atom stereocenters. The summed E-state index contributed by atoms with van der Waals surface area (Å²) in [6, 6.07) is 19.3. The van der Waals surface area contributed by atoms with E-state index in [0.717, 1.165) is 11.1 Å². The predicted octanol–water partition coefficient (Wildman–Crippen LogP) is 2.94. The molecular weight excluding hydrogens is 228 g/mol. The van der Waals surface area contributed by atoms with E-state index in [2.05, 4.69) is 11.2 Å². The van der Waals surface area contributed by atoms with Crippen LogP contribution < -0.4 is 0 Å². The van der Waals surface area contributed by atoms with Gasteiger partial charge in [0.05, 0.1) is 5.75 Å². The van der Waals surface area contributed by atoms with Crippen LogP contribution in [0.25, 0.3) is 0 Å². The van der Waals surface area contributed by atoms with Gasteiger partial charge in [-0.15, -0.1) is 0 Å². The predicted molar refractivity (Wildman–Crippen MR) is 71.6 cm³/mol. The highest BCUT2D eigenvalue weighted by molar-refractivity contribution is 7.89. The van der Waals surface area contributed by atoms with Gasteiger partial charge in [-0.05, 0) is 17.7 Å². The van der Waals surface area contributed by atoms with Crippen LogP contribution in [0.3, 0.4) is 0 Å². The van der Waals surface area contributed by atoms with Gasteiger partial charge in [-0.25, -0.2) is 4.21 Å². The molecule has 0 N–H and O–H groups in total. The molecule has 2 aromatic rings. The van der Waals surface area contributed by atoms with Gasteiger partial charge in [0.2, 0.25) is 0 Å². The Morgan fingerprint density at radius 2 is 1.47 bits per heavy atom. The first-order valence-corrected chi connectivity index (χ1v) is 6.65. The fourth-order valence-electron chi connectivity index (χ4n) is 1.40. The van der Waals surface area contributed by atoms with Crippen molar-refractivity contribution in [3.63, 3.8) is 0 Å². The molecule has 0 heterocycles. The van der Waals surface area contributed by atoms with Gasteiger partial charge in [0.15, 0.2) is 0 Å². The van der Waals surface area contributed by atoms with Crippen LogP contribution in [0.5, 0.6) is 0 Å². The van der Waals surface area contributed by atoms with Gasteiger partial charge < -0.3 is 0 Å². The molecule has 0 bridgehead atoms. The molecule has 0 aromatic heterocycles. The summed E-state index contributed by atoms with van der Waals surface area (Å²) in [5.74, 6) is 3.40. The maximum Gasteiger partial charge on any atom is 0.102 e. The molecule has 2 heteroatoms. The molecular formula is C15H12OS. The standard InChI is InChI=1S/C15H12OS/c16-17(13-15-9-5-2-6-10-15)12-11-14-7-3-1-4-8-14/h1-10H,13H2. The zero-order chi connectivity index (χ0) is 11.9. The quantitative estimate of drug-likeness (QED) is 0.738. The molecule has 2 rings (SSSR count). The van der Waals surface area contributed by atoms with Crippen LogP contribution in [0.1, 0.15) is 11.1 Å². The summed E-state index contributed by atoms with van der Waals surface area (Å²) in [6.07, 6.45) is 0. The molecule has 0 fully saturated rings. The van der Waals surface area contributed by atoms with Crippen LogP contribution in [-0.4, -0.2) is 4.21 Å². The van der Waals surface area contributed by atoms with Crippen molar-refractivity contribution in [1.29, 1.82) is 0 Å². The lowest BCUT2D eigenvalue weighted by Gasteiger charge is -1.94. The first-order chi connectivity index (χ1) is 8.34. The molecule has 0 amide bonds. The number of hydrogen-bond donors (Lipinski definition) is 0. The lowest BCUT2D eigenvalue weighted by atomic mass is 10.2. The van der Waals surface area contributed by atoms with E-state index in [-0.39, 0.29) is 0 Å². The summed E-state index contributed by atoms with van der Waals surface area (Å²) >= 11 is 0. The van der Waals surface area contributed by atoms with E-state index in [0.29, 0.717) is 5.75 Å². The Morgan fingerprint density at radius 1 is 0.882 bits per heavy atom. The Bertz CT molecular complexity index is 550. The minimum atomic E-state index is -1.13. The SMILES string of the molecule is O=S(C#Cc1ccccc1)Cc1ccccc1. The van der Waals surface area contributed by atoms with E-state index in [1.165, 1.54) is 0 Å². The average molecular weight is 240 g/mol. The lowest BCUT2D eigenvalue weighted by Crippen LogP contribution is -1.91. The van der Waals surface area contributed by atoms with Crippen LogP contribution in [0.15, 0.2) is 60.7 Å². The van der Waals surface area contributed by atoms with Gasteiger partial charge in [-0.2, -0.15) is 0 Å². The zero-order valence-electron chi connectivity index (χ0n) is 9.30. The summed E-state index contributed by atoms with van der Waals surface area (Å²) in [6.45, 7) is 0. The Labute approximate surface area is 104 Å². The van der Waals surface area contributed by atoms with Crippen LogP contribution >= 0.6 is 0 Å². The molecule has 0 saturated heterocycles. The van der Waals surface area contributed by atoms with Crippen LogP contribution in [0.4, 0.5) is 0 Å². The van der Waals surface area contributed by atoms with E-state index in [1.54, 1.807) is 0 Å². The number of rotatable bonds is 2. The van der Waals surface area contributed by atoms with Gasteiger partial charge >= 0.3 is 0 Å². The van der Waals surface area contributed by atoms with Crippen molar-refractivity contribution in [2.45, 2.75) is 5.75 Å². The Kier molecular flexibility index (Phi) is 4.12. The lowest BCUT2D eigenvalue weighted by molar-refractivity contribution is 0.689. The first-order valence-electron chi connectivity index (χ1n) is 5.33. The summed E-state index contributed by atoms with van der Waals surface area (Å²) < 4.78 is 11.7. The number of hydrogen-bond acceptors (Lipinski definition) is 1. The van der Waals surface area contributed by atoms with E-state index >= 15 is 0 Å². The van der Waals surface area contributed by atoms with Crippen LogP contribution in [0, 0.1) is 11.2 Å². The molecule has 0 radical (unpaired) electrons. The third kappa shape index (κ3) is 3.90. The third-order valence-corrected chi connectivity index (χ3v) is 3.15. The second kappa shape index (κ2) is 6.03. The van der Waals surface area contributed by atoms with Gasteiger partial charge in [0.25, 0.3) is 0 Å². The molecule has 2 aromatic carbocycles. The zero-order valence-corrected chi connectivity index (χ0v) is 10.1. The monoisotopic (exact) mass is 240 g/mol. The smallest absolute Gasteiger partial charge is 0.102 e. The average Bonchev–Trinajstić information content (AvgIpc) is 2.39. The van der Waals surface area contributed by atoms with Crippen molar-refractivity contribution in [2.75, 3.05) is 0 Å². The molecule has 0 aliphatic heterocycles.